The average Bonchev–Trinajstić information content (AvgIpc) is 3.49. The molecule has 0 bridgehead atoms. The molecule has 1 aliphatic heterocycles. The molecule has 1 saturated heterocycles. The number of nitrogens with zero attached hydrogens (tertiary/aromatic N) is 3. The standard InChI is InChI=1S/C23H23N5O3S/c29-22(27-23-24-8-15-32-23)17-5-3-6-18-20(17)26-21(25-18)16-4-1-2-7-19(16)31-14-11-28-9-12-30-13-10-28/h1-8,15H,9-14H2,(H,25,26)(H,24,27,29). The summed E-state index contributed by atoms with van der Waals surface area (Å²) in [5.41, 5.74) is 2.75. The normalized spacial score (nSPS) is 14.5. The molecule has 0 saturated carbocycles. The zero-order chi connectivity index (χ0) is 21.8. The van der Waals surface area contributed by atoms with E-state index in [1.54, 1.807) is 12.3 Å². The van der Waals surface area contributed by atoms with Crippen LogP contribution in [0.5, 0.6) is 5.75 Å². The topological polar surface area (TPSA) is 92.4 Å². The van der Waals surface area contributed by atoms with E-state index in [0.29, 0.717) is 28.6 Å². The number of aromatic nitrogens is 3. The molecule has 2 aromatic heterocycles. The molecule has 2 aromatic carbocycles. The van der Waals surface area contributed by atoms with Crippen LogP contribution in [0.15, 0.2) is 54.0 Å². The minimum absolute atomic E-state index is 0.237. The molecule has 4 aromatic rings. The first-order valence-electron chi connectivity index (χ1n) is 10.5. The molecule has 164 valence electrons. The average molecular weight is 450 g/mol. The van der Waals surface area contributed by atoms with Crippen molar-refractivity contribution in [2.75, 3.05) is 44.8 Å². The van der Waals surface area contributed by atoms with Crippen LogP contribution in [0, 0.1) is 0 Å². The molecule has 0 unspecified atom stereocenters. The Hall–Kier alpha value is -3.27. The van der Waals surface area contributed by atoms with E-state index in [-0.39, 0.29) is 5.91 Å². The summed E-state index contributed by atoms with van der Waals surface area (Å²) in [7, 11) is 0. The van der Waals surface area contributed by atoms with Crippen molar-refractivity contribution in [2.45, 2.75) is 0 Å². The molecule has 1 aliphatic rings. The Morgan fingerprint density at radius 3 is 2.91 bits per heavy atom. The van der Waals surface area contributed by atoms with Crippen LogP contribution in [-0.2, 0) is 4.74 Å². The van der Waals surface area contributed by atoms with Gasteiger partial charge in [-0.15, -0.1) is 11.3 Å². The second-order valence-electron chi connectivity index (χ2n) is 7.38. The zero-order valence-electron chi connectivity index (χ0n) is 17.4. The maximum absolute atomic E-state index is 12.8. The van der Waals surface area contributed by atoms with E-state index in [9.17, 15) is 4.79 Å². The highest BCUT2D eigenvalue weighted by Gasteiger charge is 2.17. The van der Waals surface area contributed by atoms with E-state index in [4.69, 9.17) is 14.5 Å². The first kappa shape index (κ1) is 20.6. The molecule has 0 radical (unpaired) electrons. The van der Waals surface area contributed by atoms with Gasteiger partial charge in [0.05, 0.1) is 29.9 Å². The van der Waals surface area contributed by atoms with Crippen molar-refractivity contribution in [1.82, 2.24) is 19.9 Å². The molecular formula is C23H23N5O3S. The van der Waals surface area contributed by atoms with Gasteiger partial charge in [0.15, 0.2) is 5.13 Å². The number of morpholine rings is 1. The van der Waals surface area contributed by atoms with E-state index in [1.807, 2.05) is 41.8 Å². The number of hydrogen-bond acceptors (Lipinski definition) is 7. The molecule has 1 amide bonds. The van der Waals surface area contributed by atoms with Crippen molar-refractivity contribution in [3.05, 3.63) is 59.6 Å². The number of nitrogens with one attached hydrogen (secondary N) is 2. The summed E-state index contributed by atoms with van der Waals surface area (Å²) in [5, 5.41) is 5.20. The van der Waals surface area contributed by atoms with Gasteiger partial charge < -0.3 is 14.5 Å². The molecule has 2 N–H and O–H groups in total. The number of ether oxygens (including phenoxy) is 2. The molecule has 32 heavy (non-hydrogen) atoms. The monoisotopic (exact) mass is 449 g/mol. The van der Waals surface area contributed by atoms with Crippen molar-refractivity contribution < 1.29 is 14.3 Å². The maximum Gasteiger partial charge on any atom is 0.259 e. The van der Waals surface area contributed by atoms with Crippen LogP contribution >= 0.6 is 11.3 Å². The van der Waals surface area contributed by atoms with E-state index < -0.39 is 0 Å². The van der Waals surface area contributed by atoms with Crippen molar-refractivity contribution in [1.29, 1.82) is 0 Å². The lowest BCUT2D eigenvalue weighted by molar-refractivity contribution is 0.0323. The molecule has 0 spiro atoms. The summed E-state index contributed by atoms with van der Waals surface area (Å²) in [6.07, 6.45) is 1.66. The van der Waals surface area contributed by atoms with Gasteiger partial charge in [-0.1, -0.05) is 18.2 Å². The van der Waals surface area contributed by atoms with E-state index in [1.165, 1.54) is 11.3 Å². The maximum atomic E-state index is 12.8. The number of para-hydroxylation sites is 2. The third-order valence-corrected chi connectivity index (χ3v) is 6.01. The van der Waals surface area contributed by atoms with Gasteiger partial charge in [-0.05, 0) is 24.3 Å². The minimum Gasteiger partial charge on any atom is -0.491 e. The Kier molecular flexibility index (Phi) is 6.11. The predicted molar refractivity (Wildman–Crippen MR) is 124 cm³/mol. The van der Waals surface area contributed by atoms with Crippen LogP contribution in [0.1, 0.15) is 10.4 Å². The number of benzene rings is 2. The zero-order valence-corrected chi connectivity index (χ0v) is 18.2. The quantitative estimate of drug-likeness (QED) is 0.447. The largest absolute Gasteiger partial charge is 0.491 e. The van der Waals surface area contributed by atoms with Gasteiger partial charge in [-0.3, -0.25) is 15.0 Å². The van der Waals surface area contributed by atoms with Crippen molar-refractivity contribution in [3.8, 4) is 17.1 Å². The van der Waals surface area contributed by atoms with Gasteiger partial charge in [0.25, 0.3) is 5.91 Å². The summed E-state index contributed by atoms with van der Waals surface area (Å²) in [6, 6.07) is 13.3. The molecular weight excluding hydrogens is 426 g/mol. The van der Waals surface area contributed by atoms with Gasteiger partial charge >= 0.3 is 0 Å². The summed E-state index contributed by atoms with van der Waals surface area (Å²) in [6.45, 7) is 4.83. The number of fused-ring (bicyclic) bond motifs is 1. The highest BCUT2D eigenvalue weighted by molar-refractivity contribution is 7.13. The first-order chi connectivity index (χ1) is 15.8. The Morgan fingerprint density at radius 2 is 2.06 bits per heavy atom. The Bertz CT molecular complexity index is 1200. The van der Waals surface area contributed by atoms with E-state index in [2.05, 4.69) is 20.2 Å². The minimum atomic E-state index is -0.237. The van der Waals surface area contributed by atoms with E-state index >= 15 is 0 Å². The predicted octanol–water partition coefficient (Wildman–Crippen LogP) is 3.65. The number of thiazole rings is 1. The number of H-pyrrole nitrogens is 1. The van der Waals surface area contributed by atoms with Crippen LogP contribution in [0.25, 0.3) is 22.4 Å². The fraction of sp³-hybridized carbons (Fsp3) is 0.261. The van der Waals surface area contributed by atoms with Crippen LogP contribution in [0.2, 0.25) is 0 Å². The number of imidazole rings is 1. The van der Waals surface area contributed by atoms with Crippen molar-refractivity contribution in [3.63, 3.8) is 0 Å². The number of aromatic amines is 1. The van der Waals surface area contributed by atoms with Crippen molar-refractivity contribution in [2.24, 2.45) is 0 Å². The van der Waals surface area contributed by atoms with Crippen LogP contribution in [-0.4, -0.2) is 65.2 Å². The van der Waals surface area contributed by atoms with E-state index in [0.717, 1.165) is 49.7 Å². The van der Waals surface area contributed by atoms with Gasteiger partial charge in [0, 0.05) is 31.2 Å². The lowest BCUT2D eigenvalue weighted by atomic mass is 10.1. The van der Waals surface area contributed by atoms with Crippen LogP contribution in [0.3, 0.4) is 0 Å². The van der Waals surface area contributed by atoms with Crippen LogP contribution in [0.4, 0.5) is 5.13 Å². The number of anilines is 1. The number of hydrogen-bond donors (Lipinski definition) is 2. The summed E-state index contributed by atoms with van der Waals surface area (Å²) >= 11 is 1.37. The fourth-order valence-corrected chi connectivity index (χ4v) is 4.21. The molecule has 9 heteroatoms. The Labute approximate surface area is 189 Å². The third kappa shape index (κ3) is 4.50. The Morgan fingerprint density at radius 1 is 1.19 bits per heavy atom. The SMILES string of the molecule is O=C(Nc1nccs1)c1cccc2[nH]c(-c3ccccc3OCCN3CCOCC3)nc12. The summed E-state index contributed by atoms with van der Waals surface area (Å²) in [5.74, 6) is 1.18. The second kappa shape index (κ2) is 9.47. The molecule has 0 atom stereocenters. The third-order valence-electron chi connectivity index (χ3n) is 5.32. The number of rotatable bonds is 7. The van der Waals surface area contributed by atoms with Gasteiger partial charge in [-0.25, -0.2) is 9.97 Å². The second-order valence-corrected chi connectivity index (χ2v) is 8.27. The summed E-state index contributed by atoms with van der Waals surface area (Å²) < 4.78 is 11.5. The van der Waals surface area contributed by atoms with Crippen molar-refractivity contribution >= 4 is 33.4 Å². The number of amides is 1. The Balaban J connectivity index is 1.37. The molecule has 8 nitrogen and oxygen atoms in total. The summed E-state index contributed by atoms with van der Waals surface area (Å²) in [4.78, 5) is 27.3. The number of carbonyl (C=O) groups is 1. The molecule has 3 heterocycles. The first-order valence-corrected chi connectivity index (χ1v) is 11.4. The number of carbonyl (C=O) groups excluding carboxylic acids is 1. The molecule has 1 fully saturated rings. The van der Waals surface area contributed by atoms with Crippen LogP contribution < -0.4 is 10.1 Å². The smallest absolute Gasteiger partial charge is 0.259 e. The van der Waals surface area contributed by atoms with Gasteiger partial charge in [0.2, 0.25) is 0 Å². The lowest BCUT2D eigenvalue weighted by Crippen LogP contribution is -2.38. The lowest BCUT2D eigenvalue weighted by Gasteiger charge is -2.26. The molecule has 5 rings (SSSR count). The van der Waals surface area contributed by atoms with Gasteiger partial charge in [-0.2, -0.15) is 0 Å². The highest BCUT2D eigenvalue weighted by Crippen LogP contribution is 2.30. The fourth-order valence-electron chi connectivity index (χ4n) is 3.69. The highest BCUT2D eigenvalue weighted by atomic mass is 32.1. The van der Waals surface area contributed by atoms with Gasteiger partial charge in [0.1, 0.15) is 23.7 Å². The molecule has 0 aliphatic carbocycles.